The fourth-order valence-corrected chi connectivity index (χ4v) is 8.20. The van der Waals surface area contributed by atoms with E-state index in [4.69, 9.17) is 14.2 Å². The van der Waals surface area contributed by atoms with Crippen LogP contribution < -0.4 is 31.9 Å². The number of likely N-dealkylation sites (tertiary alicyclic amines) is 1. The highest BCUT2D eigenvalue weighted by molar-refractivity contribution is 5.96. The van der Waals surface area contributed by atoms with Crippen LogP contribution in [0.15, 0.2) is 60.7 Å². The molecule has 1 saturated heterocycles. The van der Waals surface area contributed by atoms with E-state index in [-0.39, 0.29) is 64.5 Å². The number of nitrogens with zero attached hydrogens (tertiary/aromatic N) is 1. The highest BCUT2D eigenvalue weighted by Gasteiger charge is 2.48. The van der Waals surface area contributed by atoms with Gasteiger partial charge in [-0.2, -0.15) is 13.2 Å². The summed E-state index contributed by atoms with van der Waals surface area (Å²) in [7, 11) is 0. The van der Waals surface area contributed by atoms with Crippen molar-refractivity contribution >= 4 is 47.9 Å². The van der Waals surface area contributed by atoms with Crippen LogP contribution >= 0.6 is 0 Å². The fourth-order valence-electron chi connectivity index (χ4n) is 8.20. The second-order valence-corrected chi connectivity index (χ2v) is 21.9. The number of benzene rings is 2. The van der Waals surface area contributed by atoms with Gasteiger partial charge in [-0.1, -0.05) is 67.1 Å². The lowest BCUT2D eigenvalue weighted by Crippen LogP contribution is -2.65. The number of carbonyl (C=O) groups excluding carboxylic acids is 7. The third kappa shape index (κ3) is 23.6. The summed E-state index contributed by atoms with van der Waals surface area (Å²) >= 11 is 0. The average molecular weight is 1060 g/mol. The van der Waals surface area contributed by atoms with Crippen LogP contribution in [-0.4, -0.2) is 130 Å². The molecule has 0 bridgehead atoms. The van der Waals surface area contributed by atoms with E-state index < -0.39 is 119 Å². The summed E-state index contributed by atoms with van der Waals surface area (Å²) < 4.78 is 56.2. The molecular weight excluding hydrogens is 984 g/mol. The van der Waals surface area contributed by atoms with Gasteiger partial charge in [-0.25, -0.2) is 19.2 Å². The molecule has 7 N–H and O–H groups in total. The molecule has 75 heavy (non-hydrogen) atoms. The first kappa shape index (κ1) is 62.7. The molecule has 1 heterocycles. The Bertz CT molecular complexity index is 2230. The van der Waals surface area contributed by atoms with E-state index in [1.807, 2.05) is 0 Å². The second kappa shape index (κ2) is 27.8. The van der Waals surface area contributed by atoms with E-state index in [0.29, 0.717) is 17.5 Å². The summed E-state index contributed by atoms with van der Waals surface area (Å²) in [4.78, 5) is 110. The number of aliphatic carboxylic acids is 1. The van der Waals surface area contributed by atoms with Crippen molar-refractivity contribution in [1.29, 1.82) is 0 Å². The Kier molecular flexibility index (Phi) is 23.2. The monoisotopic (exact) mass is 1060 g/mol. The number of piperidine rings is 1. The smallest absolute Gasteiger partial charge is 0.408 e. The van der Waals surface area contributed by atoms with Crippen molar-refractivity contribution in [2.75, 3.05) is 13.1 Å². The van der Waals surface area contributed by atoms with Gasteiger partial charge in [0.25, 0.3) is 0 Å². The number of unbranched alkanes of at least 4 members (excludes halogenated alkanes) is 2. The van der Waals surface area contributed by atoms with Crippen molar-refractivity contribution in [3.8, 4) is 0 Å². The van der Waals surface area contributed by atoms with Gasteiger partial charge in [-0.3, -0.25) is 19.2 Å². The van der Waals surface area contributed by atoms with Crippen LogP contribution in [0.25, 0.3) is 0 Å². The Morgan fingerprint density at radius 2 is 1.05 bits per heavy atom. The Labute approximate surface area is 437 Å². The lowest BCUT2D eigenvalue weighted by Gasteiger charge is -2.44. The number of hydrogen-bond donors (Lipinski definition) is 7. The molecule has 7 amide bonds. The van der Waals surface area contributed by atoms with Gasteiger partial charge < -0.3 is 56.1 Å². The first-order valence-corrected chi connectivity index (χ1v) is 25.3. The van der Waals surface area contributed by atoms with Gasteiger partial charge in [0.05, 0.1) is 0 Å². The van der Waals surface area contributed by atoms with Crippen molar-refractivity contribution in [1.82, 2.24) is 36.8 Å². The van der Waals surface area contributed by atoms with E-state index in [1.165, 1.54) is 4.90 Å². The third-order valence-electron chi connectivity index (χ3n) is 11.6. The Morgan fingerprint density at radius 3 is 1.55 bits per heavy atom. The van der Waals surface area contributed by atoms with E-state index in [9.17, 15) is 56.6 Å². The number of ether oxygens (including phenoxy) is 3. The van der Waals surface area contributed by atoms with Crippen LogP contribution in [0.5, 0.6) is 0 Å². The number of rotatable bonds is 23. The lowest BCUT2D eigenvalue weighted by molar-refractivity contribution is -0.152. The number of halogens is 3. The molecule has 1 fully saturated rings. The Hall–Kier alpha value is -6.61. The minimum Gasteiger partial charge on any atom is -0.480 e. The molecule has 3 unspecified atom stereocenters. The highest BCUT2D eigenvalue weighted by Crippen LogP contribution is 2.30. The topological polar surface area (TPSA) is 260 Å². The van der Waals surface area contributed by atoms with Crippen molar-refractivity contribution < 1.29 is 70.8 Å². The average Bonchev–Trinajstić information content (AvgIpc) is 3.27. The van der Waals surface area contributed by atoms with Gasteiger partial charge in [0.15, 0.2) is 0 Å². The maximum absolute atomic E-state index is 14.6. The van der Waals surface area contributed by atoms with Crippen LogP contribution in [0.2, 0.25) is 0 Å². The maximum atomic E-state index is 14.6. The van der Waals surface area contributed by atoms with Gasteiger partial charge in [-0.05, 0) is 119 Å². The maximum Gasteiger partial charge on any atom is 0.408 e. The predicted molar refractivity (Wildman–Crippen MR) is 272 cm³/mol. The summed E-state index contributed by atoms with van der Waals surface area (Å²) in [6.45, 7) is 16.4. The minimum absolute atomic E-state index is 0.0184. The van der Waals surface area contributed by atoms with Crippen LogP contribution in [-0.2, 0) is 51.0 Å². The molecule has 19 nitrogen and oxygen atoms in total. The predicted octanol–water partition coefficient (Wildman–Crippen LogP) is 7.00. The SMILES string of the molecule is CC1CC(NC(=O)OC(C)(C)C)(C(=O)O)CCN1C(=O)[C@@H](CCCCNC(=O)OC(C)(C)C)NC(=O)C(CCCCC(F)(F)F)NC(=O)[C@@H](Cc1ccccc1)NC(=O)[C@@H](Cc1ccccc1)NC(=O)OC(C)(C)C. The zero-order valence-electron chi connectivity index (χ0n) is 44.9. The molecule has 2 aromatic carbocycles. The van der Waals surface area contributed by atoms with Crippen LogP contribution in [0, 0.1) is 0 Å². The van der Waals surface area contributed by atoms with Crippen molar-refractivity contribution in [2.24, 2.45) is 0 Å². The van der Waals surface area contributed by atoms with E-state index in [1.54, 1.807) is 130 Å². The molecule has 0 aromatic heterocycles. The van der Waals surface area contributed by atoms with Crippen molar-refractivity contribution in [3.05, 3.63) is 71.8 Å². The van der Waals surface area contributed by atoms with E-state index >= 15 is 0 Å². The molecule has 22 heteroatoms. The quantitative estimate of drug-likeness (QED) is 0.0439. The molecule has 0 spiro atoms. The molecule has 6 atom stereocenters. The number of nitrogens with one attached hydrogen (secondary N) is 6. The summed E-state index contributed by atoms with van der Waals surface area (Å²) in [5, 5.41) is 26.1. The number of carboxylic acids is 1. The number of alkyl halides is 3. The molecule has 3 rings (SSSR count). The van der Waals surface area contributed by atoms with Crippen LogP contribution in [0.1, 0.15) is 138 Å². The number of amides is 7. The van der Waals surface area contributed by atoms with Gasteiger partial charge in [-0.15, -0.1) is 0 Å². The Balaban J connectivity index is 1.99. The molecule has 0 aliphatic carbocycles. The molecule has 2 aromatic rings. The lowest BCUT2D eigenvalue weighted by atomic mass is 9.83. The number of alkyl carbamates (subject to hydrolysis) is 3. The third-order valence-corrected chi connectivity index (χ3v) is 11.6. The van der Waals surface area contributed by atoms with Crippen molar-refractivity contribution in [2.45, 2.75) is 199 Å². The van der Waals surface area contributed by atoms with E-state index in [2.05, 4.69) is 31.9 Å². The van der Waals surface area contributed by atoms with Crippen molar-refractivity contribution in [3.63, 3.8) is 0 Å². The van der Waals surface area contributed by atoms with E-state index in [0.717, 1.165) is 0 Å². The normalized spacial score (nSPS) is 17.7. The zero-order valence-corrected chi connectivity index (χ0v) is 44.9. The highest BCUT2D eigenvalue weighted by atomic mass is 19.4. The summed E-state index contributed by atoms with van der Waals surface area (Å²) in [5.41, 5.74) is -3.22. The number of carboxylic acid groups (broad SMARTS) is 1. The van der Waals surface area contributed by atoms with Gasteiger partial charge in [0, 0.05) is 44.8 Å². The van der Waals surface area contributed by atoms with Crippen LogP contribution in [0.3, 0.4) is 0 Å². The summed E-state index contributed by atoms with van der Waals surface area (Å²) in [5.74, 6) is -4.63. The largest absolute Gasteiger partial charge is 0.480 e. The standard InChI is InChI=1S/C53H78F3N7O12/c1-34-33-52(45(68)69,62-48(72)75-51(8,9)10)28-30-63(34)44(67)38(26-18-20-29-57-46(70)73-49(2,3)4)59-41(64)37(25-17-19-27-53(54,55)56)58-42(65)39(31-35-21-13-11-14-22-35)60-43(66)40(32-36-23-15-12-16-24-36)61-47(71)74-50(5,6)7/h11-16,21-24,34,37-40H,17-20,25-33H2,1-10H3,(H,57,70)(H,58,65)(H,59,64)(H,60,66)(H,61,71)(H,62,72)(H,68,69)/t34?,37?,38-,39-,40-,52?/m1/s1. The van der Waals surface area contributed by atoms with Gasteiger partial charge in [0.1, 0.15) is 46.5 Å². The molecule has 0 radical (unpaired) electrons. The number of carbonyl (C=O) groups is 8. The molecule has 418 valence electrons. The minimum atomic E-state index is -4.52. The van der Waals surface area contributed by atoms with Crippen LogP contribution in [0.4, 0.5) is 27.6 Å². The first-order chi connectivity index (χ1) is 34.7. The molecule has 0 saturated carbocycles. The molecule has 1 aliphatic heterocycles. The fraction of sp³-hybridized carbons (Fsp3) is 0.623. The first-order valence-electron chi connectivity index (χ1n) is 25.3. The Morgan fingerprint density at radius 1 is 0.613 bits per heavy atom. The summed E-state index contributed by atoms with van der Waals surface area (Å²) in [6.07, 6.45) is -9.35. The zero-order chi connectivity index (χ0) is 56.4. The van der Waals surface area contributed by atoms with Gasteiger partial charge >= 0.3 is 30.4 Å². The molecule has 1 aliphatic rings. The van der Waals surface area contributed by atoms with Gasteiger partial charge in [0.2, 0.25) is 23.6 Å². The second-order valence-electron chi connectivity index (χ2n) is 21.9. The summed E-state index contributed by atoms with van der Waals surface area (Å²) in [6, 6.07) is 10.9. The molecular formula is C53H78F3N7O12. The number of hydrogen-bond acceptors (Lipinski definition) is 11.